The summed E-state index contributed by atoms with van der Waals surface area (Å²) >= 11 is 1.58. The van der Waals surface area contributed by atoms with Gasteiger partial charge in [0.05, 0.1) is 6.04 Å². The molecule has 0 saturated heterocycles. The molecule has 0 aromatic rings. The Balaban J connectivity index is 5.37. The molecule has 3 amide bonds. The van der Waals surface area contributed by atoms with Crippen LogP contribution in [0.5, 0.6) is 0 Å². The van der Waals surface area contributed by atoms with Gasteiger partial charge in [-0.1, -0.05) is 41.5 Å². The largest absolute Gasteiger partial charge is 0.480 e. The SMILES string of the molecule is CSCCC(N)C(=O)NC(C(=O)NC(CC(C)C)C(=O)NC(C(=O)O)C(C)C)C(C)C. The standard InChI is InChI=1S/C21H40N4O5S/c1-11(2)10-15(19(27)25-17(13(5)6)21(29)30)23-20(28)16(12(3)4)24-18(26)14(22)8-9-31-7/h11-17H,8-10,22H2,1-7H3,(H,23,28)(H,24,26)(H,25,27)(H,29,30). The summed E-state index contributed by atoms with van der Waals surface area (Å²) in [5, 5.41) is 17.2. The molecule has 0 rings (SSSR count). The summed E-state index contributed by atoms with van der Waals surface area (Å²) in [5.41, 5.74) is 5.90. The molecular formula is C21H40N4O5S. The van der Waals surface area contributed by atoms with Gasteiger partial charge in [0.25, 0.3) is 0 Å². The molecule has 4 atom stereocenters. The number of carboxylic acids is 1. The summed E-state index contributed by atoms with van der Waals surface area (Å²) in [6.07, 6.45) is 2.74. The normalized spacial score (nSPS) is 15.3. The highest BCUT2D eigenvalue weighted by molar-refractivity contribution is 7.98. The Labute approximate surface area is 190 Å². The van der Waals surface area contributed by atoms with Crippen LogP contribution in [0, 0.1) is 17.8 Å². The average Bonchev–Trinajstić information content (AvgIpc) is 2.65. The molecule has 0 radical (unpaired) electrons. The maximum atomic E-state index is 12.9. The monoisotopic (exact) mass is 460 g/mol. The highest BCUT2D eigenvalue weighted by Gasteiger charge is 2.32. The predicted octanol–water partition coefficient (Wildman–Crippen LogP) is 0.964. The number of rotatable bonds is 14. The smallest absolute Gasteiger partial charge is 0.326 e. The van der Waals surface area contributed by atoms with Crippen molar-refractivity contribution in [1.82, 2.24) is 16.0 Å². The quantitative estimate of drug-likeness (QED) is 0.259. The van der Waals surface area contributed by atoms with Gasteiger partial charge in [0.2, 0.25) is 17.7 Å². The zero-order chi connectivity index (χ0) is 24.3. The number of carbonyl (C=O) groups is 4. The molecule has 0 aliphatic carbocycles. The van der Waals surface area contributed by atoms with E-state index in [9.17, 15) is 24.3 Å². The fraction of sp³-hybridized carbons (Fsp3) is 0.810. The first-order valence-electron chi connectivity index (χ1n) is 10.7. The van der Waals surface area contributed by atoms with Crippen LogP contribution in [0.3, 0.4) is 0 Å². The van der Waals surface area contributed by atoms with E-state index < -0.39 is 47.9 Å². The highest BCUT2D eigenvalue weighted by Crippen LogP contribution is 2.10. The minimum atomic E-state index is -1.13. The predicted molar refractivity (Wildman–Crippen MR) is 124 cm³/mol. The molecule has 0 fully saturated rings. The number of nitrogens with two attached hydrogens (primary N) is 1. The van der Waals surface area contributed by atoms with Crippen molar-refractivity contribution in [2.24, 2.45) is 23.5 Å². The van der Waals surface area contributed by atoms with Crippen LogP contribution < -0.4 is 21.7 Å². The number of carbonyl (C=O) groups excluding carboxylic acids is 3. The lowest BCUT2D eigenvalue weighted by molar-refractivity contribution is -0.143. The summed E-state index contributed by atoms with van der Waals surface area (Å²) in [4.78, 5) is 49.5. The summed E-state index contributed by atoms with van der Waals surface area (Å²) < 4.78 is 0. The highest BCUT2D eigenvalue weighted by atomic mass is 32.2. The number of aliphatic carboxylic acids is 1. The summed E-state index contributed by atoms with van der Waals surface area (Å²) in [6, 6.07) is -3.57. The van der Waals surface area contributed by atoms with Crippen LogP contribution in [0.1, 0.15) is 54.4 Å². The Morgan fingerprint density at radius 3 is 1.77 bits per heavy atom. The van der Waals surface area contributed by atoms with Crippen LogP contribution >= 0.6 is 11.8 Å². The number of hydrogen-bond acceptors (Lipinski definition) is 6. The van der Waals surface area contributed by atoms with Crippen molar-refractivity contribution in [2.75, 3.05) is 12.0 Å². The molecule has 180 valence electrons. The van der Waals surface area contributed by atoms with Crippen molar-refractivity contribution in [1.29, 1.82) is 0 Å². The molecule has 0 saturated carbocycles. The lowest BCUT2D eigenvalue weighted by Crippen LogP contribution is -2.59. The third kappa shape index (κ3) is 10.9. The van der Waals surface area contributed by atoms with E-state index in [0.717, 1.165) is 5.75 Å². The van der Waals surface area contributed by atoms with Gasteiger partial charge < -0.3 is 26.8 Å². The molecule has 0 spiro atoms. The van der Waals surface area contributed by atoms with E-state index in [1.54, 1.807) is 39.5 Å². The third-order valence-electron chi connectivity index (χ3n) is 4.79. The third-order valence-corrected chi connectivity index (χ3v) is 5.43. The number of amides is 3. The Bertz CT molecular complexity index is 613. The van der Waals surface area contributed by atoms with E-state index in [0.29, 0.717) is 12.8 Å². The van der Waals surface area contributed by atoms with Crippen LogP contribution in [0.4, 0.5) is 0 Å². The first-order chi connectivity index (χ1) is 14.3. The molecular weight excluding hydrogens is 420 g/mol. The molecule has 0 heterocycles. The summed E-state index contributed by atoms with van der Waals surface area (Å²) in [7, 11) is 0. The Hall–Kier alpha value is -1.81. The van der Waals surface area contributed by atoms with E-state index in [1.165, 1.54) is 0 Å². The minimum absolute atomic E-state index is 0.0745. The summed E-state index contributed by atoms with van der Waals surface area (Å²) in [5.74, 6) is -2.37. The molecule has 0 bridgehead atoms. The maximum Gasteiger partial charge on any atom is 0.326 e. The van der Waals surface area contributed by atoms with Crippen molar-refractivity contribution >= 4 is 35.5 Å². The van der Waals surface area contributed by atoms with Gasteiger partial charge in [0.1, 0.15) is 18.1 Å². The van der Waals surface area contributed by atoms with E-state index >= 15 is 0 Å². The van der Waals surface area contributed by atoms with Gasteiger partial charge in [0.15, 0.2) is 0 Å². The number of nitrogens with one attached hydrogen (secondary N) is 3. The van der Waals surface area contributed by atoms with Crippen LogP contribution in [-0.2, 0) is 19.2 Å². The van der Waals surface area contributed by atoms with Gasteiger partial charge in [0, 0.05) is 0 Å². The summed E-state index contributed by atoms with van der Waals surface area (Å²) in [6.45, 7) is 10.8. The van der Waals surface area contributed by atoms with Crippen LogP contribution in [-0.4, -0.2) is 65.0 Å². The number of carboxylic acid groups (broad SMARTS) is 1. The second-order valence-electron chi connectivity index (χ2n) is 8.88. The van der Waals surface area contributed by atoms with Crippen molar-refractivity contribution in [3.63, 3.8) is 0 Å². The molecule has 10 heteroatoms. The van der Waals surface area contributed by atoms with Crippen molar-refractivity contribution < 1.29 is 24.3 Å². The van der Waals surface area contributed by atoms with E-state index in [-0.39, 0.29) is 17.8 Å². The lowest BCUT2D eigenvalue weighted by Gasteiger charge is -2.28. The van der Waals surface area contributed by atoms with Crippen LogP contribution in [0.25, 0.3) is 0 Å². The Morgan fingerprint density at radius 2 is 1.35 bits per heavy atom. The van der Waals surface area contributed by atoms with Crippen molar-refractivity contribution in [2.45, 2.75) is 78.6 Å². The molecule has 0 aromatic carbocycles. The topological polar surface area (TPSA) is 151 Å². The Morgan fingerprint density at radius 1 is 0.839 bits per heavy atom. The number of thioether (sulfide) groups is 1. The lowest BCUT2D eigenvalue weighted by atomic mass is 9.98. The number of hydrogen-bond donors (Lipinski definition) is 5. The second kappa shape index (κ2) is 14.3. The molecule has 0 aliphatic rings. The van der Waals surface area contributed by atoms with E-state index in [4.69, 9.17) is 5.73 Å². The molecule has 0 aliphatic heterocycles. The van der Waals surface area contributed by atoms with Gasteiger partial charge in [-0.2, -0.15) is 11.8 Å². The molecule has 31 heavy (non-hydrogen) atoms. The zero-order valence-corrected chi connectivity index (χ0v) is 20.5. The maximum absolute atomic E-state index is 12.9. The fourth-order valence-corrected chi connectivity index (χ4v) is 3.39. The molecule has 9 nitrogen and oxygen atoms in total. The molecule has 4 unspecified atom stereocenters. The minimum Gasteiger partial charge on any atom is -0.480 e. The van der Waals surface area contributed by atoms with E-state index in [2.05, 4.69) is 16.0 Å². The van der Waals surface area contributed by atoms with Crippen molar-refractivity contribution in [3.05, 3.63) is 0 Å². The van der Waals surface area contributed by atoms with Crippen LogP contribution in [0.15, 0.2) is 0 Å². The Kier molecular flexibility index (Phi) is 13.5. The fourth-order valence-electron chi connectivity index (χ4n) is 2.90. The van der Waals surface area contributed by atoms with Gasteiger partial charge in [-0.3, -0.25) is 14.4 Å². The van der Waals surface area contributed by atoms with Gasteiger partial charge in [-0.15, -0.1) is 0 Å². The van der Waals surface area contributed by atoms with Gasteiger partial charge in [-0.05, 0) is 42.6 Å². The molecule has 6 N–H and O–H groups in total. The van der Waals surface area contributed by atoms with Gasteiger partial charge >= 0.3 is 5.97 Å². The molecule has 0 aromatic heterocycles. The van der Waals surface area contributed by atoms with Gasteiger partial charge in [-0.25, -0.2) is 4.79 Å². The zero-order valence-electron chi connectivity index (χ0n) is 19.7. The van der Waals surface area contributed by atoms with Crippen LogP contribution in [0.2, 0.25) is 0 Å². The van der Waals surface area contributed by atoms with E-state index in [1.807, 2.05) is 20.1 Å². The average molecular weight is 461 g/mol. The second-order valence-corrected chi connectivity index (χ2v) is 9.86. The first kappa shape index (κ1) is 29.2. The van der Waals surface area contributed by atoms with Crippen molar-refractivity contribution in [3.8, 4) is 0 Å². The first-order valence-corrected chi connectivity index (χ1v) is 12.1.